The minimum atomic E-state index is -0.132. The number of carbonyl (C=O) groups is 1. The van der Waals surface area contributed by atoms with E-state index in [9.17, 15) is 4.79 Å². The Balaban J connectivity index is 1.85. The van der Waals surface area contributed by atoms with Crippen LogP contribution in [0, 0.1) is 0 Å². The molecule has 0 aliphatic rings. The highest BCUT2D eigenvalue weighted by Gasteiger charge is 2.01. The van der Waals surface area contributed by atoms with Crippen LogP contribution in [0.1, 0.15) is 38.2 Å². The molecule has 0 aromatic heterocycles. The molecule has 0 radical (unpaired) electrons. The number of carbonyl (C=O) groups excluding carboxylic acids is 1. The average molecular weight is 294 g/mol. The summed E-state index contributed by atoms with van der Waals surface area (Å²) < 4.78 is 15.9. The zero-order chi connectivity index (χ0) is 15.2. The van der Waals surface area contributed by atoms with Gasteiger partial charge in [-0.3, -0.25) is 4.79 Å². The molecule has 118 valence electrons. The van der Waals surface area contributed by atoms with Crippen LogP contribution in [0.4, 0.5) is 0 Å². The van der Waals surface area contributed by atoms with E-state index in [1.54, 1.807) is 0 Å². The Morgan fingerprint density at radius 2 is 1.67 bits per heavy atom. The highest BCUT2D eigenvalue weighted by molar-refractivity contribution is 5.69. The molecule has 0 saturated heterocycles. The van der Waals surface area contributed by atoms with Crippen molar-refractivity contribution in [2.24, 2.45) is 0 Å². The molecule has 4 heteroatoms. The number of rotatable bonds is 12. The summed E-state index contributed by atoms with van der Waals surface area (Å²) in [6, 6.07) is 10.0. The summed E-state index contributed by atoms with van der Waals surface area (Å²) in [6.45, 7) is 4.51. The van der Waals surface area contributed by atoms with Crippen molar-refractivity contribution in [3.8, 4) is 0 Å². The summed E-state index contributed by atoms with van der Waals surface area (Å²) in [4.78, 5) is 11.3. The number of esters is 1. The fourth-order valence-corrected chi connectivity index (χ4v) is 1.79. The molecule has 0 aliphatic carbocycles. The molecule has 1 aromatic rings. The van der Waals surface area contributed by atoms with Gasteiger partial charge in [0.15, 0.2) is 0 Å². The van der Waals surface area contributed by atoms with Gasteiger partial charge in [0.1, 0.15) is 6.61 Å². The highest BCUT2D eigenvalue weighted by Crippen LogP contribution is 2.01. The van der Waals surface area contributed by atoms with Crippen molar-refractivity contribution in [3.63, 3.8) is 0 Å². The zero-order valence-corrected chi connectivity index (χ0v) is 12.9. The van der Waals surface area contributed by atoms with Crippen LogP contribution in [0.5, 0.6) is 0 Å². The van der Waals surface area contributed by atoms with Gasteiger partial charge in [-0.25, -0.2) is 0 Å². The van der Waals surface area contributed by atoms with Gasteiger partial charge in [0.25, 0.3) is 0 Å². The van der Waals surface area contributed by atoms with Crippen molar-refractivity contribution in [1.29, 1.82) is 0 Å². The zero-order valence-electron chi connectivity index (χ0n) is 12.9. The fourth-order valence-electron chi connectivity index (χ4n) is 1.79. The fraction of sp³-hybridized carbons (Fsp3) is 0.588. The van der Waals surface area contributed by atoms with Crippen molar-refractivity contribution in [1.82, 2.24) is 0 Å². The van der Waals surface area contributed by atoms with Gasteiger partial charge in [-0.05, 0) is 12.0 Å². The Kier molecular flexibility index (Phi) is 10.4. The van der Waals surface area contributed by atoms with Gasteiger partial charge in [-0.2, -0.15) is 0 Å². The van der Waals surface area contributed by atoms with Crippen molar-refractivity contribution < 1.29 is 19.0 Å². The minimum absolute atomic E-state index is 0.132. The lowest BCUT2D eigenvalue weighted by Gasteiger charge is -2.07. The van der Waals surface area contributed by atoms with Crippen molar-refractivity contribution in [2.45, 2.75) is 39.2 Å². The van der Waals surface area contributed by atoms with Crippen LogP contribution in [-0.2, 0) is 25.6 Å². The average Bonchev–Trinajstić information content (AvgIpc) is 2.51. The number of unbranched alkanes of at least 4 members (excludes halogenated alkanes) is 2. The predicted octanol–water partition coefficient (Wildman–Crippen LogP) is 3.34. The number of hydrogen-bond acceptors (Lipinski definition) is 4. The van der Waals surface area contributed by atoms with Gasteiger partial charge in [0.2, 0.25) is 0 Å². The Bertz CT molecular complexity index is 364. The standard InChI is InChI=1S/C17H26O4/c1-2-3-5-10-17(18)21-14-13-19-11-12-20-15-16-8-6-4-7-9-16/h4,6-9H,2-3,5,10-15H2,1H3. The third kappa shape index (κ3) is 10.0. The van der Waals surface area contributed by atoms with E-state index in [-0.39, 0.29) is 5.97 Å². The summed E-state index contributed by atoms with van der Waals surface area (Å²) in [6.07, 6.45) is 3.60. The van der Waals surface area contributed by atoms with E-state index in [0.29, 0.717) is 39.5 Å². The molecule has 4 nitrogen and oxygen atoms in total. The van der Waals surface area contributed by atoms with E-state index < -0.39 is 0 Å². The highest BCUT2D eigenvalue weighted by atomic mass is 16.6. The Morgan fingerprint density at radius 1 is 0.952 bits per heavy atom. The molecule has 0 heterocycles. The molecule has 0 unspecified atom stereocenters. The summed E-state index contributed by atoms with van der Waals surface area (Å²) in [5, 5.41) is 0. The molecule has 21 heavy (non-hydrogen) atoms. The van der Waals surface area contributed by atoms with Gasteiger partial charge in [0.05, 0.1) is 26.4 Å². The lowest BCUT2D eigenvalue weighted by Crippen LogP contribution is -2.12. The van der Waals surface area contributed by atoms with Gasteiger partial charge >= 0.3 is 5.97 Å². The van der Waals surface area contributed by atoms with Crippen LogP contribution >= 0.6 is 0 Å². The van der Waals surface area contributed by atoms with E-state index in [0.717, 1.165) is 24.8 Å². The van der Waals surface area contributed by atoms with Crippen LogP contribution in [0.2, 0.25) is 0 Å². The second kappa shape index (κ2) is 12.4. The largest absolute Gasteiger partial charge is 0.463 e. The molecule has 0 atom stereocenters. The quantitative estimate of drug-likeness (QED) is 0.438. The second-order valence-electron chi connectivity index (χ2n) is 4.83. The third-order valence-electron chi connectivity index (χ3n) is 2.96. The lowest BCUT2D eigenvalue weighted by molar-refractivity contribution is -0.145. The first kappa shape index (κ1) is 17.7. The van der Waals surface area contributed by atoms with Crippen LogP contribution in [0.25, 0.3) is 0 Å². The van der Waals surface area contributed by atoms with Gasteiger partial charge in [-0.15, -0.1) is 0 Å². The lowest BCUT2D eigenvalue weighted by atomic mass is 10.2. The van der Waals surface area contributed by atoms with Gasteiger partial charge in [0, 0.05) is 6.42 Å². The molecule has 0 spiro atoms. The minimum Gasteiger partial charge on any atom is -0.463 e. The predicted molar refractivity (Wildman–Crippen MR) is 82.0 cm³/mol. The van der Waals surface area contributed by atoms with E-state index in [1.165, 1.54) is 0 Å². The first-order valence-electron chi connectivity index (χ1n) is 7.68. The summed E-state index contributed by atoms with van der Waals surface area (Å²) >= 11 is 0. The summed E-state index contributed by atoms with van der Waals surface area (Å²) in [7, 11) is 0. The monoisotopic (exact) mass is 294 g/mol. The maximum absolute atomic E-state index is 11.3. The van der Waals surface area contributed by atoms with Crippen molar-refractivity contribution in [3.05, 3.63) is 35.9 Å². The van der Waals surface area contributed by atoms with Crippen LogP contribution < -0.4 is 0 Å². The molecule has 0 aliphatic heterocycles. The first-order valence-corrected chi connectivity index (χ1v) is 7.68. The summed E-state index contributed by atoms with van der Waals surface area (Å²) in [5.41, 5.74) is 1.15. The molecule has 0 saturated carbocycles. The molecule has 0 amide bonds. The molecule has 1 rings (SSSR count). The molecular formula is C17H26O4. The van der Waals surface area contributed by atoms with Crippen molar-refractivity contribution in [2.75, 3.05) is 26.4 Å². The van der Waals surface area contributed by atoms with E-state index in [1.807, 2.05) is 30.3 Å². The Labute approximate surface area is 127 Å². The maximum atomic E-state index is 11.3. The number of benzene rings is 1. The normalized spacial score (nSPS) is 10.5. The van der Waals surface area contributed by atoms with E-state index in [2.05, 4.69) is 6.92 Å². The van der Waals surface area contributed by atoms with E-state index in [4.69, 9.17) is 14.2 Å². The summed E-state index contributed by atoms with van der Waals surface area (Å²) in [5.74, 6) is -0.132. The first-order chi connectivity index (χ1) is 10.3. The SMILES string of the molecule is CCCCCC(=O)OCCOCCOCc1ccccc1. The van der Waals surface area contributed by atoms with Crippen LogP contribution in [0.15, 0.2) is 30.3 Å². The van der Waals surface area contributed by atoms with Crippen molar-refractivity contribution >= 4 is 5.97 Å². The van der Waals surface area contributed by atoms with Gasteiger partial charge < -0.3 is 14.2 Å². The second-order valence-corrected chi connectivity index (χ2v) is 4.83. The van der Waals surface area contributed by atoms with Crippen LogP contribution in [0.3, 0.4) is 0 Å². The van der Waals surface area contributed by atoms with Crippen LogP contribution in [-0.4, -0.2) is 32.4 Å². The molecule has 0 bridgehead atoms. The van der Waals surface area contributed by atoms with Gasteiger partial charge in [-0.1, -0.05) is 50.1 Å². The smallest absolute Gasteiger partial charge is 0.305 e. The topological polar surface area (TPSA) is 44.8 Å². The van der Waals surface area contributed by atoms with E-state index >= 15 is 0 Å². The molecular weight excluding hydrogens is 268 g/mol. The Morgan fingerprint density at radius 3 is 2.43 bits per heavy atom. The molecule has 0 fully saturated rings. The number of hydrogen-bond donors (Lipinski definition) is 0. The molecule has 0 N–H and O–H groups in total. The maximum Gasteiger partial charge on any atom is 0.305 e. The number of ether oxygens (including phenoxy) is 3. The molecule has 1 aromatic carbocycles. The Hall–Kier alpha value is -1.39. The third-order valence-corrected chi connectivity index (χ3v) is 2.96.